The lowest BCUT2D eigenvalue weighted by Crippen LogP contribution is -2.33. The van der Waals surface area contributed by atoms with E-state index in [1.807, 2.05) is 6.92 Å². The highest BCUT2D eigenvalue weighted by Gasteiger charge is 2.17. The molecule has 0 aliphatic carbocycles. The highest BCUT2D eigenvalue weighted by molar-refractivity contribution is 7.89. The fourth-order valence-electron chi connectivity index (χ4n) is 2.67. The number of hydrogen-bond acceptors (Lipinski definition) is 4. The normalized spacial score (nSPS) is 19.4. The van der Waals surface area contributed by atoms with Crippen molar-refractivity contribution in [2.24, 2.45) is 5.92 Å². The summed E-state index contributed by atoms with van der Waals surface area (Å²) in [6.45, 7) is 4.39. The minimum Gasteiger partial charge on any atom is -0.496 e. The van der Waals surface area contributed by atoms with Crippen LogP contribution in [0.2, 0.25) is 0 Å². The average Bonchev–Trinajstić information content (AvgIpc) is 2.48. The number of aryl methyl sites for hydroxylation is 1. The van der Waals surface area contributed by atoms with E-state index in [2.05, 4.69) is 10.0 Å². The zero-order valence-corrected chi connectivity index (χ0v) is 13.5. The summed E-state index contributed by atoms with van der Waals surface area (Å²) in [6, 6.07) is 4.91. The number of sulfonamides is 1. The van der Waals surface area contributed by atoms with Crippen LogP contribution in [0.15, 0.2) is 23.1 Å². The summed E-state index contributed by atoms with van der Waals surface area (Å²) >= 11 is 0. The summed E-state index contributed by atoms with van der Waals surface area (Å²) in [5.41, 5.74) is 0.817. The average molecular weight is 312 g/mol. The molecule has 5 nitrogen and oxygen atoms in total. The van der Waals surface area contributed by atoms with Crippen molar-refractivity contribution in [2.75, 3.05) is 26.7 Å². The number of piperidine rings is 1. The first-order chi connectivity index (χ1) is 10.0. The molecule has 1 aliphatic rings. The molecule has 1 atom stereocenters. The Morgan fingerprint density at radius 2 is 2.24 bits per heavy atom. The van der Waals surface area contributed by atoms with E-state index in [1.165, 1.54) is 12.8 Å². The first kappa shape index (κ1) is 16.3. The van der Waals surface area contributed by atoms with Crippen LogP contribution >= 0.6 is 0 Å². The fraction of sp³-hybridized carbons (Fsp3) is 0.600. The van der Waals surface area contributed by atoms with Crippen LogP contribution < -0.4 is 14.8 Å². The van der Waals surface area contributed by atoms with Crippen molar-refractivity contribution in [2.45, 2.75) is 31.1 Å². The SMILES string of the molecule is COc1ccc(S(=O)(=O)NCCC2CCCNC2)cc1C. The molecule has 1 aliphatic heterocycles. The molecule has 2 N–H and O–H groups in total. The molecule has 1 heterocycles. The summed E-state index contributed by atoms with van der Waals surface area (Å²) in [7, 11) is -1.86. The third kappa shape index (κ3) is 4.43. The first-order valence-electron chi connectivity index (χ1n) is 7.38. The van der Waals surface area contributed by atoms with Crippen LogP contribution in [0.5, 0.6) is 5.75 Å². The lowest BCUT2D eigenvalue weighted by atomic mass is 9.96. The van der Waals surface area contributed by atoms with Crippen molar-refractivity contribution in [3.63, 3.8) is 0 Å². The molecule has 1 fully saturated rings. The topological polar surface area (TPSA) is 67.4 Å². The summed E-state index contributed by atoms with van der Waals surface area (Å²) < 4.78 is 32.4. The minimum atomic E-state index is -3.43. The van der Waals surface area contributed by atoms with Gasteiger partial charge in [-0.3, -0.25) is 0 Å². The standard InChI is InChI=1S/C15H24N2O3S/c1-12-10-14(5-6-15(12)20-2)21(18,19)17-9-7-13-4-3-8-16-11-13/h5-6,10,13,16-17H,3-4,7-9,11H2,1-2H3. The zero-order chi connectivity index (χ0) is 15.3. The van der Waals surface area contributed by atoms with Crippen LogP contribution in [0, 0.1) is 12.8 Å². The number of ether oxygens (including phenoxy) is 1. The van der Waals surface area contributed by atoms with Gasteiger partial charge in [0.2, 0.25) is 10.0 Å². The second-order valence-electron chi connectivity index (χ2n) is 5.53. The lowest BCUT2D eigenvalue weighted by molar-refractivity contribution is 0.358. The van der Waals surface area contributed by atoms with E-state index in [0.717, 1.165) is 25.1 Å². The fourth-order valence-corrected chi connectivity index (χ4v) is 3.80. The molecule has 118 valence electrons. The molecule has 1 saturated heterocycles. The molecule has 0 aromatic heterocycles. The van der Waals surface area contributed by atoms with Gasteiger partial charge in [0.15, 0.2) is 0 Å². The Balaban J connectivity index is 1.93. The van der Waals surface area contributed by atoms with Crippen LogP contribution in [-0.4, -0.2) is 35.2 Å². The molecule has 0 radical (unpaired) electrons. The largest absolute Gasteiger partial charge is 0.496 e. The van der Waals surface area contributed by atoms with Crippen LogP contribution in [0.25, 0.3) is 0 Å². The lowest BCUT2D eigenvalue weighted by Gasteiger charge is -2.22. The molecular formula is C15H24N2O3S. The minimum absolute atomic E-state index is 0.294. The van der Waals surface area contributed by atoms with Gasteiger partial charge in [0.25, 0.3) is 0 Å². The number of hydrogen-bond donors (Lipinski definition) is 2. The van der Waals surface area contributed by atoms with Crippen molar-refractivity contribution in [3.05, 3.63) is 23.8 Å². The molecule has 1 aromatic carbocycles. The van der Waals surface area contributed by atoms with Gasteiger partial charge in [0.05, 0.1) is 12.0 Å². The van der Waals surface area contributed by atoms with Crippen LogP contribution in [0.3, 0.4) is 0 Å². The van der Waals surface area contributed by atoms with Gasteiger partial charge in [-0.05, 0) is 69.0 Å². The number of benzene rings is 1. The predicted octanol–water partition coefficient (Wildman–Crippen LogP) is 1.67. The number of methoxy groups -OCH3 is 1. The maximum Gasteiger partial charge on any atom is 0.240 e. The van der Waals surface area contributed by atoms with E-state index in [4.69, 9.17) is 4.74 Å². The summed E-state index contributed by atoms with van der Waals surface area (Å²) in [5.74, 6) is 1.27. The number of rotatable bonds is 6. The third-order valence-electron chi connectivity index (χ3n) is 3.92. The van der Waals surface area contributed by atoms with E-state index in [1.54, 1.807) is 25.3 Å². The van der Waals surface area contributed by atoms with Gasteiger partial charge < -0.3 is 10.1 Å². The molecule has 1 unspecified atom stereocenters. The van der Waals surface area contributed by atoms with E-state index in [-0.39, 0.29) is 0 Å². The Morgan fingerprint density at radius 3 is 2.86 bits per heavy atom. The Bertz CT molecular complexity index is 566. The van der Waals surface area contributed by atoms with Gasteiger partial charge in [-0.25, -0.2) is 13.1 Å². The Morgan fingerprint density at radius 1 is 1.43 bits per heavy atom. The molecule has 21 heavy (non-hydrogen) atoms. The number of nitrogens with one attached hydrogen (secondary N) is 2. The van der Waals surface area contributed by atoms with Gasteiger partial charge in [-0.15, -0.1) is 0 Å². The maximum absolute atomic E-state index is 12.3. The monoisotopic (exact) mass is 312 g/mol. The summed E-state index contributed by atoms with van der Waals surface area (Å²) in [4.78, 5) is 0.294. The highest BCUT2D eigenvalue weighted by atomic mass is 32.2. The van der Waals surface area contributed by atoms with Crippen LogP contribution in [0.1, 0.15) is 24.8 Å². The first-order valence-corrected chi connectivity index (χ1v) is 8.86. The molecule has 0 saturated carbocycles. The molecule has 0 amide bonds. The van der Waals surface area contributed by atoms with Gasteiger partial charge in [-0.1, -0.05) is 0 Å². The molecule has 2 rings (SSSR count). The summed E-state index contributed by atoms with van der Waals surface area (Å²) in [5, 5.41) is 3.34. The molecule has 0 bridgehead atoms. The van der Waals surface area contributed by atoms with E-state index < -0.39 is 10.0 Å². The van der Waals surface area contributed by atoms with E-state index in [0.29, 0.717) is 23.1 Å². The Kier molecular flexibility index (Phi) is 5.61. The second-order valence-corrected chi connectivity index (χ2v) is 7.30. The molecule has 6 heteroatoms. The van der Waals surface area contributed by atoms with E-state index in [9.17, 15) is 8.42 Å². The molecule has 1 aromatic rings. The van der Waals surface area contributed by atoms with Crippen molar-refractivity contribution in [3.8, 4) is 5.75 Å². The Hall–Kier alpha value is -1.11. The van der Waals surface area contributed by atoms with Crippen LogP contribution in [0.4, 0.5) is 0 Å². The van der Waals surface area contributed by atoms with Gasteiger partial charge in [0.1, 0.15) is 5.75 Å². The molecular weight excluding hydrogens is 288 g/mol. The molecule has 0 spiro atoms. The highest BCUT2D eigenvalue weighted by Crippen LogP contribution is 2.21. The smallest absolute Gasteiger partial charge is 0.240 e. The van der Waals surface area contributed by atoms with E-state index >= 15 is 0 Å². The predicted molar refractivity (Wildman–Crippen MR) is 83.1 cm³/mol. The van der Waals surface area contributed by atoms with Gasteiger partial charge in [0, 0.05) is 6.54 Å². The van der Waals surface area contributed by atoms with Crippen molar-refractivity contribution >= 4 is 10.0 Å². The van der Waals surface area contributed by atoms with Crippen LogP contribution in [-0.2, 0) is 10.0 Å². The van der Waals surface area contributed by atoms with Gasteiger partial charge >= 0.3 is 0 Å². The zero-order valence-electron chi connectivity index (χ0n) is 12.7. The maximum atomic E-state index is 12.3. The van der Waals surface area contributed by atoms with Crippen molar-refractivity contribution in [1.29, 1.82) is 0 Å². The van der Waals surface area contributed by atoms with Gasteiger partial charge in [-0.2, -0.15) is 0 Å². The van der Waals surface area contributed by atoms with Crippen molar-refractivity contribution in [1.82, 2.24) is 10.0 Å². The summed E-state index contributed by atoms with van der Waals surface area (Å²) in [6.07, 6.45) is 3.23. The second kappa shape index (κ2) is 7.24. The third-order valence-corrected chi connectivity index (χ3v) is 5.38. The van der Waals surface area contributed by atoms with Crippen molar-refractivity contribution < 1.29 is 13.2 Å². The Labute approximate surface area is 127 Å². The quantitative estimate of drug-likeness (QED) is 0.838.